The van der Waals surface area contributed by atoms with E-state index < -0.39 is 23.6 Å². The fourth-order valence-corrected chi connectivity index (χ4v) is 4.45. The van der Waals surface area contributed by atoms with E-state index in [4.69, 9.17) is 0 Å². The zero-order valence-electron chi connectivity index (χ0n) is 22.5. The quantitative estimate of drug-likeness (QED) is 0.233. The Hall–Kier alpha value is -3.24. The Labute approximate surface area is 229 Å². The number of anilines is 1. The molecule has 0 spiro atoms. The number of carbonyl (C=O) groups is 1. The van der Waals surface area contributed by atoms with E-state index in [2.05, 4.69) is 37.9 Å². The van der Waals surface area contributed by atoms with Gasteiger partial charge in [-0.2, -0.15) is 18.3 Å². The van der Waals surface area contributed by atoms with E-state index in [1.807, 2.05) is 34.6 Å². The first kappa shape index (κ1) is 30.3. The molecule has 1 fully saturated rings. The Balaban J connectivity index is 0.00000205. The average molecular weight is 568 g/mol. The molecule has 4 heterocycles. The Morgan fingerprint density at radius 1 is 1.28 bits per heavy atom. The smallest absolute Gasteiger partial charge is 0.376 e. The first-order valence-corrected chi connectivity index (χ1v) is 13.4. The van der Waals surface area contributed by atoms with Gasteiger partial charge in [0.2, 0.25) is 0 Å². The maximum absolute atomic E-state index is 14.3. The zero-order chi connectivity index (χ0) is 28.8. The van der Waals surface area contributed by atoms with E-state index in [9.17, 15) is 22.4 Å². The third kappa shape index (κ3) is 7.89. The van der Waals surface area contributed by atoms with Gasteiger partial charge in [-0.05, 0) is 51.8 Å². The van der Waals surface area contributed by atoms with Crippen LogP contribution in [0.2, 0.25) is 0 Å². The molecule has 13 heteroatoms. The number of piperidine rings is 1. The number of alkyl halides is 4. The zero-order valence-corrected chi connectivity index (χ0v) is 23.3. The number of aromatic nitrogens is 4. The second kappa shape index (κ2) is 12.7. The summed E-state index contributed by atoms with van der Waals surface area (Å²) in [7, 11) is 0. The van der Waals surface area contributed by atoms with Crippen molar-refractivity contribution in [1.29, 1.82) is 0 Å². The van der Waals surface area contributed by atoms with E-state index in [1.54, 1.807) is 23.0 Å². The number of halogens is 4. The van der Waals surface area contributed by atoms with Crippen LogP contribution >= 0.6 is 11.8 Å². The molecule has 39 heavy (non-hydrogen) atoms. The van der Waals surface area contributed by atoms with E-state index >= 15 is 0 Å². The molecule has 3 aromatic rings. The van der Waals surface area contributed by atoms with Gasteiger partial charge in [-0.25, -0.2) is 9.37 Å². The second-order valence-electron chi connectivity index (χ2n) is 9.52. The molecule has 0 aromatic carbocycles. The summed E-state index contributed by atoms with van der Waals surface area (Å²) in [5.41, 5.74) is -3.98. The molecule has 2 atom stereocenters. The number of amides is 1. The molecule has 8 nitrogen and oxygen atoms in total. The number of thioether (sulfide) groups is 1. The van der Waals surface area contributed by atoms with E-state index in [0.717, 1.165) is 0 Å². The monoisotopic (exact) mass is 567 g/mol. The third-order valence-corrected chi connectivity index (χ3v) is 6.46. The van der Waals surface area contributed by atoms with E-state index in [-0.39, 0.29) is 46.8 Å². The summed E-state index contributed by atoms with van der Waals surface area (Å²) in [5.74, 6) is 4.93. The number of imidazole rings is 1. The second-order valence-corrected chi connectivity index (χ2v) is 10.6. The molecular formula is C26H33F4N7OS. The normalized spacial score (nSPS) is 17.6. The number of nitrogens with one attached hydrogen (secondary N) is 3. The summed E-state index contributed by atoms with van der Waals surface area (Å²) in [6, 6.07) is 2.73. The fourth-order valence-electron chi connectivity index (χ4n) is 3.79. The Morgan fingerprint density at radius 2 is 2.03 bits per heavy atom. The maximum atomic E-state index is 14.3. The molecule has 3 N–H and O–H groups in total. The van der Waals surface area contributed by atoms with Crippen LogP contribution in [0.3, 0.4) is 0 Å². The molecule has 1 aliphatic rings. The lowest BCUT2D eigenvalue weighted by Crippen LogP contribution is -2.45. The molecule has 2 unspecified atom stereocenters. The average Bonchev–Trinajstić information content (AvgIpc) is 3.50. The van der Waals surface area contributed by atoms with Gasteiger partial charge in [0.1, 0.15) is 16.9 Å². The predicted molar refractivity (Wildman–Crippen MR) is 145 cm³/mol. The summed E-state index contributed by atoms with van der Waals surface area (Å²) in [6.07, 6.45) is 3.88. The molecule has 212 valence electrons. The van der Waals surface area contributed by atoms with E-state index in [0.29, 0.717) is 24.2 Å². The fraction of sp³-hybridized carbons (Fsp3) is 0.500. The molecule has 0 bridgehead atoms. The lowest BCUT2D eigenvalue weighted by Gasteiger charge is -2.28. The molecule has 0 radical (unpaired) electrons. The van der Waals surface area contributed by atoms with Gasteiger partial charge >= 0.3 is 5.51 Å². The topological polar surface area (TPSA) is 88.3 Å². The summed E-state index contributed by atoms with van der Waals surface area (Å²) in [4.78, 5) is 16.7. The van der Waals surface area contributed by atoms with Gasteiger partial charge in [0, 0.05) is 30.7 Å². The van der Waals surface area contributed by atoms with Crippen LogP contribution < -0.4 is 16.0 Å². The van der Waals surface area contributed by atoms with Gasteiger partial charge in [0.25, 0.3) is 5.91 Å². The highest BCUT2D eigenvalue weighted by molar-refractivity contribution is 8.00. The number of nitrogens with zero attached hydrogens (tertiary/aromatic N) is 4. The van der Waals surface area contributed by atoms with Crippen molar-refractivity contribution in [2.45, 2.75) is 69.3 Å². The summed E-state index contributed by atoms with van der Waals surface area (Å²) >= 11 is -0.327. The van der Waals surface area contributed by atoms with Crippen LogP contribution in [-0.2, 0) is 5.54 Å². The van der Waals surface area contributed by atoms with Crippen LogP contribution in [0.5, 0.6) is 0 Å². The van der Waals surface area contributed by atoms with Crippen LogP contribution in [0.4, 0.5) is 23.2 Å². The first-order chi connectivity index (χ1) is 18.4. The van der Waals surface area contributed by atoms with Gasteiger partial charge < -0.3 is 16.0 Å². The van der Waals surface area contributed by atoms with Crippen molar-refractivity contribution in [2.75, 3.05) is 25.0 Å². The summed E-state index contributed by atoms with van der Waals surface area (Å²) in [6.45, 7) is 10.6. The molecular weight excluding hydrogens is 534 g/mol. The van der Waals surface area contributed by atoms with Crippen molar-refractivity contribution >= 4 is 29.0 Å². The molecule has 1 aliphatic heterocycles. The van der Waals surface area contributed by atoms with Crippen molar-refractivity contribution in [3.05, 3.63) is 42.0 Å². The van der Waals surface area contributed by atoms with Gasteiger partial charge in [0.15, 0.2) is 5.65 Å². The number of pyridine rings is 1. The number of hydrogen-bond acceptors (Lipinski definition) is 6. The summed E-state index contributed by atoms with van der Waals surface area (Å²) < 4.78 is 57.3. The number of hydrogen-bond donors (Lipinski definition) is 3. The van der Waals surface area contributed by atoms with Crippen LogP contribution in [0.1, 0.15) is 57.1 Å². The standard InChI is InChI=1S/C24H27F4N7OS.C2H6/c1-23(2,3)35-14-15(12-31-35)21(36)30-9-4-6-19-22(37-24(26,27)28)34-11-5-7-18(20(34)33-19)32-17-8-10-29-13-16(17)25;1-2/h5,7,11-12,14,16-17,29,32H,8-10,13H2,1-3H3,(H,30,36);1-2H3. The molecule has 1 amide bonds. The van der Waals surface area contributed by atoms with Crippen LogP contribution in [-0.4, -0.2) is 62.4 Å². The minimum absolute atomic E-state index is 0.0894. The highest BCUT2D eigenvalue weighted by Crippen LogP contribution is 2.39. The van der Waals surface area contributed by atoms with Crippen LogP contribution in [0.25, 0.3) is 5.65 Å². The molecule has 0 aliphatic carbocycles. The van der Waals surface area contributed by atoms with Crippen molar-refractivity contribution in [2.24, 2.45) is 0 Å². The highest BCUT2D eigenvalue weighted by atomic mass is 32.2. The van der Waals surface area contributed by atoms with Crippen molar-refractivity contribution in [1.82, 2.24) is 29.8 Å². The van der Waals surface area contributed by atoms with Crippen molar-refractivity contribution < 1.29 is 22.4 Å². The minimum Gasteiger partial charge on any atom is -0.376 e. The minimum atomic E-state index is -4.57. The molecule has 4 rings (SSSR count). The highest BCUT2D eigenvalue weighted by Gasteiger charge is 2.33. The van der Waals surface area contributed by atoms with Crippen molar-refractivity contribution in [3.63, 3.8) is 0 Å². The van der Waals surface area contributed by atoms with Crippen molar-refractivity contribution in [3.8, 4) is 11.8 Å². The lowest BCUT2D eigenvalue weighted by molar-refractivity contribution is -0.0330. The predicted octanol–water partition coefficient (Wildman–Crippen LogP) is 4.82. The van der Waals surface area contributed by atoms with Gasteiger partial charge in [-0.1, -0.05) is 19.8 Å². The SMILES string of the molecule is CC.CC(C)(C)n1cc(C(=O)NCC#Cc2nc3c(NC4CCNCC4F)cccn3c2SC(F)(F)F)cn1. The largest absolute Gasteiger partial charge is 0.447 e. The molecule has 1 saturated heterocycles. The first-order valence-electron chi connectivity index (χ1n) is 12.6. The lowest BCUT2D eigenvalue weighted by atomic mass is 10.0. The molecule has 0 saturated carbocycles. The van der Waals surface area contributed by atoms with Gasteiger partial charge in [-0.3, -0.25) is 13.9 Å². The van der Waals surface area contributed by atoms with Crippen LogP contribution in [0, 0.1) is 11.8 Å². The molecule has 3 aromatic heterocycles. The Kier molecular flexibility index (Phi) is 9.90. The van der Waals surface area contributed by atoms with Crippen LogP contribution in [0.15, 0.2) is 35.7 Å². The number of rotatable bonds is 5. The Bertz CT molecular complexity index is 1330. The maximum Gasteiger partial charge on any atom is 0.447 e. The third-order valence-electron chi connectivity index (χ3n) is 5.64. The van der Waals surface area contributed by atoms with E-state index in [1.165, 1.54) is 16.8 Å². The summed E-state index contributed by atoms with van der Waals surface area (Å²) in [5, 5.41) is 12.6. The van der Waals surface area contributed by atoms with Gasteiger partial charge in [0.05, 0.1) is 35.6 Å². The Morgan fingerprint density at radius 3 is 2.67 bits per heavy atom. The number of fused-ring (bicyclic) bond motifs is 1. The number of carbonyl (C=O) groups excluding carboxylic acids is 1. The van der Waals surface area contributed by atoms with Gasteiger partial charge in [-0.15, -0.1) is 0 Å².